The molecule has 0 heterocycles. The Bertz CT molecular complexity index is 667. The predicted octanol–water partition coefficient (Wildman–Crippen LogP) is 2.52. The summed E-state index contributed by atoms with van der Waals surface area (Å²) >= 11 is 0. The zero-order chi connectivity index (χ0) is 13.9. The number of benzene rings is 2. The third kappa shape index (κ3) is 3.72. The Morgan fingerprint density at radius 3 is 2.47 bits per heavy atom. The molecule has 0 aliphatic rings. The monoisotopic (exact) mass is 276 g/mol. The fraction of sp³-hybridized carbons (Fsp3) is 0.143. The van der Waals surface area contributed by atoms with Crippen LogP contribution in [0.25, 0.3) is 0 Å². The first-order valence-electron chi connectivity index (χ1n) is 5.87. The number of nitrogen functional groups attached to an aromatic ring is 1. The van der Waals surface area contributed by atoms with Gasteiger partial charge in [-0.3, -0.25) is 4.72 Å². The summed E-state index contributed by atoms with van der Waals surface area (Å²) in [6.45, 7) is 1.88. The lowest BCUT2D eigenvalue weighted by molar-refractivity contribution is 0.600. The first-order chi connectivity index (χ1) is 8.96. The third-order valence-corrected chi connectivity index (χ3v) is 3.92. The number of sulfonamides is 1. The zero-order valence-corrected chi connectivity index (χ0v) is 11.4. The highest BCUT2D eigenvalue weighted by atomic mass is 32.2. The Kier molecular flexibility index (Phi) is 3.76. The lowest BCUT2D eigenvalue weighted by atomic mass is 10.2. The molecule has 2 rings (SSSR count). The Balaban J connectivity index is 2.20. The largest absolute Gasteiger partial charge is 0.397 e. The van der Waals surface area contributed by atoms with Crippen molar-refractivity contribution in [2.75, 3.05) is 10.5 Å². The van der Waals surface area contributed by atoms with E-state index in [1.54, 1.807) is 24.3 Å². The number of aryl methyl sites for hydroxylation is 1. The SMILES string of the molecule is Cc1ccc(N)c(NS(=O)(=O)Cc2ccccc2)c1. The summed E-state index contributed by atoms with van der Waals surface area (Å²) in [5, 5.41) is 0. The van der Waals surface area contributed by atoms with Crippen molar-refractivity contribution in [3.63, 3.8) is 0 Å². The van der Waals surface area contributed by atoms with Crippen molar-refractivity contribution in [3.8, 4) is 0 Å². The maximum atomic E-state index is 12.1. The van der Waals surface area contributed by atoms with Crippen LogP contribution in [0.1, 0.15) is 11.1 Å². The van der Waals surface area contributed by atoms with E-state index in [-0.39, 0.29) is 5.75 Å². The highest BCUT2D eigenvalue weighted by Gasteiger charge is 2.13. The fourth-order valence-corrected chi connectivity index (χ4v) is 2.97. The molecule has 0 saturated carbocycles. The van der Waals surface area contributed by atoms with Gasteiger partial charge >= 0.3 is 0 Å². The lowest BCUT2D eigenvalue weighted by Gasteiger charge is -2.11. The van der Waals surface area contributed by atoms with Crippen molar-refractivity contribution >= 4 is 21.4 Å². The van der Waals surface area contributed by atoms with Crippen LogP contribution < -0.4 is 10.5 Å². The van der Waals surface area contributed by atoms with Crippen molar-refractivity contribution < 1.29 is 8.42 Å². The number of rotatable bonds is 4. The van der Waals surface area contributed by atoms with Crippen molar-refractivity contribution in [2.45, 2.75) is 12.7 Å². The number of hydrogen-bond acceptors (Lipinski definition) is 3. The fourth-order valence-electron chi connectivity index (χ4n) is 1.76. The molecule has 0 fully saturated rings. The molecule has 2 aromatic rings. The molecule has 0 spiro atoms. The standard InChI is InChI=1S/C14H16N2O2S/c1-11-7-8-13(15)14(9-11)16-19(17,18)10-12-5-3-2-4-6-12/h2-9,16H,10,15H2,1H3. The van der Waals surface area contributed by atoms with Crippen LogP contribution in [0.5, 0.6) is 0 Å². The van der Waals surface area contributed by atoms with E-state index in [1.807, 2.05) is 31.2 Å². The molecule has 3 N–H and O–H groups in total. The summed E-state index contributed by atoms with van der Waals surface area (Å²) in [6.07, 6.45) is 0. The van der Waals surface area contributed by atoms with Crippen LogP contribution in [0, 0.1) is 6.92 Å². The van der Waals surface area contributed by atoms with Gasteiger partial charge in [-0.1, -0.05) is 36.4 Å². The lowest BCUT2D eigenvalue weighted by Crippen LogP contribution is -2.16. The topological polar surface area (TPSA) is 72.2 Å². The molecule has 19 heavy (non-hydrogen) atoms. The van der Waals surface area contributed by atoms with Crippen LogP contribution >= 0.6 is 0 Å². The second kappa shape index (κ2) is 5.32. The van der Waals surface area contributed by atoms with Gasteiger partial charge in [0.05, 0.1) is 17.1 Å². The minimum absolute atomic E-state index is 0.0682. The molecule has 0 aliphatic heterocycles. The summed E-state index contributed by atoms with van der Waals surface area (Å²) in [7, 11) is -3.46. The second-order valence-corrected chi connectivity index (χ2v) is 6.16. The molecule has 0 amide bonds. The van der Waals surface area contributed by atoms with Gasteiger partial charge < -0.3 is 5.73 Å². The van der Waals surface area contributed by atoms with Gasteiger partial charge in [0, 0.05) is 0 Å². The third-order valence-electron chi connectivity index (χ3n) is 2.67. The molecule has 0 radical (unpaired) electrons. The number of nitrogens with one attached hydrogen (secondary N) is 1. The minimum Gasteiger partial charge on any atom is -0.397 e. The van der Waals surface area contributed by atoms with Crippen molar-refractivity contribution in [1.82, 2.24) is 0 Å². The highest BCUT2D eigenvalue weighted by molar-refractivity contribution is 7.91. The Hall–Kier alpha value is -2.01. The van der Waals surface area contributed by atoms with Gasteiger partial charge in [0.15, 0.2) is 0 Å². The molecule has 4 nitrogen and oxygen atoms in total. The summed E-state index contributed by atoms with van der Waals surface area (Å²) in [4.78, 5) is 0. The molecule has 100 valence electrons. The molecule has 5 heteroatoms. The summed E-state index contributed by atoms with van der Waals surface area (Å²) in [5.74, 6) is -0.0682. The normalized spacial score (nSPS) is 11.2. The van der Waals surface area contributed by atoms with Gasteiger partial charge in [-0.15, -0.1) is 0 Å². The van der Waals surface area contributed by atoms with Crippen LogP contribution in [0.3, 0.4) is 0 Å². The van der Waals surface area contributed by atoms with Crippen LogP contribution in [0.4, 0.5) is 11.4 Å². The maximum Gasteiger partial charge on any atom is 0.236 e. The quantitative estimate of drug-likeness (QED) is 0.843. The van der Waals surface area contributed by atoms with E-state index in [0.29, 0.717) is 11.4 Å². The predicted molar refractivity (Wildman–Crippen MR) is 78.3 cm³/mol. The molecule has 0 saturated heterocycles. The first-order valence-corrected chi connectivity index (χ1v) is 7.52. The van der Waals surface area contributed by atoms with Gasteiger partial charge in [0.25, 0.3) is 0 Å². The van der Waals surface area contributed by atoms with E-state index < -0.39 is 10.0 Å². The van der Waals surface area contributed by atoms with Crippen molar-refractivity contribution in [3.05, 3.63) is 59.7 Å². The zero-order valence-electron chi connectivity index (χ0n) is 10.6. The molecule has 0 unspecified atom stereocenters. The van der Waals surface area contributed by atoms with Gasteiger partial charge in [-0.25, -0.2) is 8.42 Å². The molecule has 0 aliphatic carbocycles. The average molecular weight is 276 g/mol. The van der Waals surface area contributed by atoms with E-state index in [2.05, 4.69) is 4.72 Å². The van der Waals surface area contributed by atoms with Gasteiger partial charge in [-0.05, 0) is 30.2 Å². The summed E-state index contributed by atoms with van der Waals surface area (Å²) < 4.78 is 26.7. The van der Waals surface area contributed by atoms with Crippen LogP contribution in [0.15, 0.2) is 48.5 Å². The van der Waals surface area contributed by atoms with E-state index in [0.717, 1.165) is 11.1 Å². The molecular weight excluding hydrogens is 260 g/mol. The van der Waals surface area contributed by atoms with Crippen LogP contribution in [-0.4, -0.2) is 8.42 Å². The van der Waals surface area contributed by atoms with Gasteiger partial charge in [0.1, 0.15) is 0 Å². The van der Waals surface area contributed by atoms with Crippen molar-refractivity contribution in [1.29, 1.82) is 0 Å². The highest BCUT2D eigenvalue weighted by Crippen LogP contribution is 2.21. The van der Waals surface area contributed by atoms with E-state index in [1.165, 1.54) is 0 Å². The second-order valence-electron chi connectivity index (χ2n) is 4.44. The average Bonchev–Trinajstić information content (AvgIpc) is 2.34. The molecule has 2 aromatic carbocycles. The Morgan fingerprint density at radius 2 is 1.79 bits per heavy atom. The Morgan fingerprint density at radius 1 is 1.11 bits per heavy atom. The van der Waals surface area contributed by atoms with E-state index in [4.69, 9.17) is 5.73 Å². The molecular formula is C14H16N2O2S. The number of hydrogen-bond donors (Lipinski definition) is 2. The van der Waals surface area contributed by atoms with Gasteiger partial charge in [-0.2, -0.15) is 0 Å². The minimum atomic E-state index is -3.46. The summed E-state index contributed by atoms with van der Waals surface area (Å²) in [6, 6.07) is 14.3. The first kappa shape index (κ1) is 13.4. The smallest absolute Gasteiger partial charge is 0.236 e. The van der Waals surface area contributed by atoms with Crippen LogP contribution in [-0.2, 0) is 15.8 Å². The van der Waals surface area contributed by atoms with E-state index in [9.17, 15) is 8.42 Å². The van der Waals surface area contributed by atoms with Crippen molar-refractivity contribution in [2.24, 2.45) is 0 Å². The van der Waals surface area contributed by atoms with E-state index >= 15 is 0 Å². The van der Waals surface area contributed by atoms with Crippen LogP contribution in [0.2, 0.25) is 0 Å². The molecule has 0 aromatic heterocycles. The maximum absolute atomic E-state index is 12.1. The molecule has 0 atom stereocenters. The number of nitrogens with two attached hydrogens (primary N) is 1. The Labute approximate surface area is 113 Å². The number of anilines is 2. The molecule has 0 bridgehead atoms. The summed E-state index contributed by atoms with van der Waals surface area (Å²) in [5.41, 5.74) is 8.30. The van der Waals surface area contributed by atoms with Gasteiger partial charge in [0.2, 0.25) is 10.0 Å².